The molecular weight excluding hydrogens is 538 g/mol. The number of benzene rings is 1. The minimum atomic E-state index is -4.20. The standard InChI is InChI=1S/C25H26ClF4N9/c1-15-19(27)5-31-22(32-15)37-10-24(11-37)12-38(13-24)23-34-33-21-9-36(18-7-35(8-18)14-25(28,29)30)6-16-4-17(26)2-3-20(16)39(21)23/h2-5,18H,6-14H2,1H3. The van der Waals surface area contributed by atoms with Crippen LogP contribution in [0.5, 0.6) is 0 Å². The SMILES string of the molecule is Cc1nc(N2CC3(C2)CN(c2nnc4n2-c2ccc(Cl)cc2CN(C2CN(CC(F)(F)F)C2)C4)C3)ncc1F. The van der Waals surface area contributed by atoms with E-state index in [9.17, 15) is 17.6 Å². The fourth-order valence-electron chi connectivity index (χ4n) is 6.23. The van der Waals surface area contributed by atoms with Crippen molar-refractivity contribution < 1.29 is 17.6 Å². The highest BCUT2D eigenvalue weighted by atomic mass is 35.5. The van der Waals surface area contributed by atoms with Crippen molar-refractivity contribution in [2.45, 2.75) is 32.2 Å². The first-order valence-corrected chi connectivity index (χ1v) is 13.2. The van der Waals surface area contributed by atoms with Crippen LogP contribution in [-0.2, 0) is 13.1 Å². The average molecular weight is 564 g/mol. The molecule has 0 aliphatic carbocycles. The number of rotatable bonds is 4. The number of nitrogens with zero attached hydrogens (tertiary/aromatic N) is 9. The largest absolute Gasteiger partial charge is 0.401 e. The lowest BCUT2D eigenvalue weighted by molar-refractivity contribution is -0.161. The van der Waals surface area contributed by atoms with Crippen molar-refractivity contribution in [2.24, 2.45) is 5.41 Å². The second-order valence-corrected chi connectivity index (χ2v) is 11.6. The molecule has 2 aromatic heterocycles. The Bertz CT molecular complexity index is 1420. The highest BCUT2D eigenvalue weighted by molar-refractivity contribution is 6.30. The van der Waals surface area contributed by atoms with Gasteiger partial charge in [0, 0.05) is 62.3 Å². The van der Waals surface area contributed by atoms with Gasteiger partial charge >= 0.3 is 6.18 Å². The minimum absolute atomic E-state index is 0.00330. The highest BCUT2D eigenvalue weighted by Crippen LogP contribution is 2.44. The molecule has 3 saturated heterocycles. The Labute approximate surface area is 227 Å². The molecule has 1 aromatic carbocycles. The summed E-state index contributed by atoms with van der Waals surface area (Å²) in [6.45, 7) is 5.67. The van der Waals surface area contributed by atoms with Gasteiger partial charge in [0.15, 0.2) is 11.6 Å². The maximum atomic E-state index is 13.6. The summed E-state index contributed by atoms with van der Waals surface area (Å²) >= 11 is 6.35. The Balaban J connectivity index is 1.08. The summed E-state index contributed by atoms with van der Waals surface area (Å²) in [5.41, 5.74) is 2.36. The molecule has 0 saturated carbocycles. The molecule has 3 aromatic rings. The van der Waals surface area contributed by atoms with Crippen LogP contribution in [0.1, 0.15) is 17.1 Å². The first kappa shape index (κ1) is 25.0. The van der Waals surface area contributed by atoms with E-state index in [0.717, 1.165) is 49.2 Å². The Hall–Kier alpha value is -3.03. The molecule has 0 N–H and O–H groups in total. The molecule has 0 amide bonds. The van der Waals surface area contributed by atoms with Crippen LogP contribution in [0.25, 0.3) is 5.69 Å². The van der Waals surface area contributed by atoms with E-state index >= 15 is 0 Å². The molecular formula is C25H26ClF4N9. The maximum absolute atomic E-state index is 13.6. The van der Waals surface area contributed by atoms with Gasteiger partial charge in [-0.25, -0.2) is 14.4 Å². The number of alkyl halides is 3. The number of anilines is 2. The second-order valence-electron chi connectivity index (χ2n) is 11.2. The molecule has 6 heterocycles. The van der Waals surface area contributed by atoms with Crippen molar-refractivity contribution in [1.29, 1.82) is 0 Å². The van der Waals surface area contributed by atoms with E-state index in [0.29, 0.717) is 42.8 Å². The smallest absolute Gasteiger partial charge is 0.339 e. The normalized spacial score (nSPS) is 21.2. The summed E-state index contributed by atoms with van der Waals surface area (Å²) in [5.74, 6) is 1.64. The van der Waals surface area contributed by atoms with Crippen LogP contribution in [0, 0.1) is 18.2 Å². The summed E-state index contributed by atoms with van der Waals surface area (Å²) < 4.78 is 54.1. The van der Waals surface area contributed by atoms with Crippen LogP contribution in [0.3, 0.4) is 0 Å². The van der Waals surface area contributed by atoms with Gasteiger partial charge in [0.25, 0.3) is 0 Å². The van der Waals surface area contributed by atoms with E-state index in [4.69, 9.17) is 11.6 Å². The molecule has 206 valence electrons. The molecule has 14 heteroatoms. The second kappa shape index (κ2) is 8.73. The number of fused-ring (bicyclic) bond motifs is 3. The average Bonchev–Trinajstić information content (AvgIpc) is 3.11. The van der Waals surface area contributed by atoms with Gasteiger partial charge in [0.1, 0.15) is 0 Å². The number of aryl methyl sites for hydroxylation is 1. The van der Waals surface area contributed by atoms with Crippen molar-refractivity contribution in [3.05, 3.63) is 52.3 Å². The molecule has 3 fully saturated rings. The van der Waals surface area contributed by atoms with E-state index in [1.165, 1.54) is 11.1 Å². The van der Waals surface area contributed by atoms with Gasteiger partial charge in [-0.3, -0.25) is 14.4 Å². The number of aromatic nitrogens is 5. The molecule has 0 atom stereocenters. The van der Waals surface area contributed by atoms with Gasteiger partial charge < -0.3 is 9.80 Å². The number of hydrogen-bond acceptors (Lipinski definition) is 8. The van der Waals surface area contributed by atoms with E-state index in [1.54, 1.807) is 6.92 Å². The van der Waals surface area contributed by atoms with Crippen LogP contribution >= 0.6 is 11.6 Å². The van der Waals surface area contributed by atoms with Crippen molar-refractivity contribution in [1.82, 2.24) is 34.5 Å². The summed E-state index contributed by atoms with van der Waals surface area (Å²) in [5, 5.41) is 9.67. The van der Waals surface area contributed by atoms with Gasteiger partial charge in [-0.1, -0.05) is 11.6 Å². The molecule has 9 nitrogen and oxygen atoms in total. The van der Waals surface area contributed by atoms with Gasteiger partial charge in [-0.05, 0) is 30.7 Å². The molecule has 4 aliphatic rings. The molecule has 0 bridgehead atoms. The number of halogens is 5. The van der Waals surface area contributed by atoms with E-state index in [2.05, 4.69) is 39.4 Å². The molecule has 7 rings (SSSR count). The van der Waals surface area contributed by atoms with Gasteiger partial charge in [-0.15, -0.1) is 10.2 Å². The Morgan fingerprint density at radius 3 is 2.51 bits per heavy atom. The zero-order valence-corrected chi connectivity index (χ0v) is 21.9. The lowest BCUT2D eigenvalue weighted by Gasteiger charge is -2.60. The first-order valence-electron chi connectivity index (χ1n) is 12.8. The quantitative estimate of drug-likeness (QED) is 0.449. The summed E-state index contributed by atoms with van der Waals surface area (Å²) in [4.78, 5) is 16.3. The van der Waals surface area contributed by atoms with Crippen LogP contribution in [0.4, 0.5) is 29.5 Å². The van der Waals surface area contributed by atoms with Crippen LogP contribution < -0.4 is 9.80 Å². The van der Waals surface area contributed by atoms with Crippen molar-refractivity contribution in [3.63, 3.8) is 0 Å². The zero-order chi connectivity index (χ0) is 27.1. The Kier molecular flexibility index (Phi) is 5.59. The predicted molar refractivity (Wildman–Crippen MR) is 135 cm³/mol. The first-order chi connectivity index (χ1) is 18.6. The Morgan fingerprint density at radius 2 is 1.79 bits per heavy atom. The van der Waals surface area contributed by atoms with Crippen LogP contribution in [0.15, 0.2) is 24.4 Å². The maximum Gasteiger partial charge on any atom is 0.401 e. The minimum Gasteiger partial charge on any atom is -0.339 e. The third kappa shape index (κ3) is 4.40. The van der Waals surface area contributed by atoms with E-state index in [1.807, 2.05) is 18.2 Å². The topological polar surface area (TPSA) is 69.5 Å². The van der Waals surface area contributed by atoms with Crippen LogP contribution in [0.2, 0.25) is 5.02 Å². The lowest BCUT2D eigenvalue weighted by Crippen LogP contribution is -2.73. The predicted octanol–water partition coefficient (Wildman–Crippen LogP) is 3.05. The third-order valence-corrected chi connectivity index (χ3v) is 8.38. The third-order valence-electron chi connectivity index (χ3n) is 8.15. The molecule has 0 radical (unpaired) electrons. The zero-order valence-electron chi connectivity index (χ0n) is 21.2. The molecule has 4 aliphatic heterocycles. The molecule has 1 spiro atoms. The van der Waals surface area contributed by atoms with Crippen molar-refractivity contribution in [3.8, 4) is 5.69 Å². The van der Waals surface area contributed by atoms with Gasteiger partial charge in [-0.2, -0.15) is 13.2 Å². The number of hydrogen-bond donors (Lipinski definition) is 0. The van der Waals surface area contributed by atoms with Gasteiger partial charge in [0.2, 0.25) is 11.9 Å². The monoisotopic (exact) mass is 563 g/mol. The van der Waals surface area contributed by atoms with Gasteiger partial charge in [0.05, 0.1) is 30.7 Å². The van der Waals surface area contributed by atoms with E-state index < -0.39 is 18.5 Å². The fraction of sp³-hybridized carbons (Fsp3) is 0.520. The summed E-state index contributed by atoms with van der Waals surface area (Å²) in [6, 6.07) is 5.71. The van der Waals surface area contributed by atoms with Crippen LogP contribution in [-0.4, -0.2) is 92.6 Å². The van der Waals surface area contributed by atoms with Crippen molar-refractivity contribution in [2.75, 3.05) is 55.6 Å². The fourth-order valence-corrected chi connectivity index (χ4v) is 6.43. The summed E-state index contributed by atoms with van der Waals surface area (Å²) in [6.07, 6.45) is -2.98. The van der Waals surface area contributed by atoms with Crippen molar-refractivity contribution >= 4 is 23.5 Å². The lowest BCUT2D eigenvalue weighted by atomic mass is 9.73. The molecule has 0 unspecified atom stereocenters. The Morgan fingerprint density at radius 1 is 1.05 bits per heavy atom. The summed E-state index contributed by atoms with van der Waals surface area (Å²) in [7, 11) is 0. The highest BCUT2D eigenvalue weighted by Gasteiger charge is 2.54. The van der Waals surface area contributed by atoms with E-state index in [-0.39, 0.29) is 11.5 Å². The number of likely N-dealkylation sites (tertiary alicyclic amines) is 1. The molecule has 39 heavy (non-hydrogen) atoms.